The molecule has 1 heterocycles. The summed E-state index contributed by atoms with van der Waals surface area (Å²) in [5.74, 6) is 2.15. The van der Waals surface area contributed by atoms with Crippen molar-refractivity contribution in [3.05, 3.63) is 29.3 Å². The highest BCUT2D eigenvalue weighted by molar-refractivity contribution is 8.14. The number of para-hydroxylation sites is 1. The van der Waals surface area contributed by atoms with E-state index in [1.54, 1.807) is 0 Å². The number of hydrogen-bond donors (Lipinski definition) is 1. The monoisotopic (exact) mass is 262 g/mol. The van der Waals surface area contributed by atoms with Crippen LogP contribution in [0.5, 0.6) is 0 Å². The summed E-state index contributed by atoms with van der Waals surface area (Å²) in [7, 11) is 0. The molecule has 0 spiro atoms. The zero-order valence-corrected chi connectivity index (χ0v) is 12.5. The van der Waals surface area contributed by atoms with E-state index in [1.165, 1.54) is 16.8 Å². The highest BCUT2D eigenvalue weighted by atomic mass is 32.2. The summed E-state index contributed by atoms with van der Waals surface area (Å²) in [5, 5.41) is 4.63. The molecule has 1 aromatic carbocycles. The summed E-state index contributed by atoms with van der Waals surface area (Å²) in [4.78, 5) is 4.50. The molecule has 0 saturated heterocycles. The van der Waals surface area contributed by atoms with E-state index in [1.807, 2.05) is 11.8 Å². The van der Waals surface area contributed by atoms with E-state index >= 15 is 0 Å². The fourth-order valence-electron chi connectivity index (χ4n) is 2.21. The van der Waals surface area contributed by atoms with E-state index < -0.39 is 0 Å². The number of nitrogens with one attached hydrogen (secondary N) is 1. The minimum atomic E-state index is 0.526. The van der Waals surface area contributed by atoms with Crippen LogP contribution >= 0.6 is 11.8 Å². The maximum atomic E-state index is 4.50. The Morgan fingerprint density at radius 1 is 1.11 bits per heavy atom. The van der Waals surface area contributed by atoms with E-state index in [9.17, 15) is 0 Å². The van der Waals surface area contributed by atoms with Crippen LogP contribution < -0.4 is 5.32 Å². The van der Waals surface area contributed by atoms with Gasteiger partial charge in [-0.15, -0.1) is 0 Å². The van der Waals surface area contributed by atoms with Crippen LogP contribution in [0.15, 0.2) is 23.2 Å². The lowest BCUT2D eigenvalue weighted by Gasteiger charge is -2.20. The van der Waals surface area contributed by atoms with Gasteiger partial charge in [-0.25, -0.2) is 0 Å². The summed E-state index contributed by atoms with van der Waals surface area (Å²) in [6.45, 7) is 9.92. The molecule has 1 aliphatic rings. The number of nitrogens with zero attached hydrogens (tertiary/aromatic N) is 1. The van der Waals surface area contributed by atoms with Crippen LogP contribution in [0.1, 0.15) is 50.7 Å². The molecule has 0 fully saturated rings. The maximum Gasteiger partial charge on any atom is 0.161 e. The van der Waals surface area contributed by atoms with Crippen molar-refractivity contribution in [3.63, 3.8) is 0 Å². The van der Waals surface area contributed by atoms with Crippen molar-refractivity contribution in [2.75, 3.05) is 17.6 Å². The average molecular weight is 262 g/mol. The summed E-state index contributed by atoms with van der Waals surface area (Å²) in [6.07, 6.45) is 0. The van der Waals surface area contributed by atoms with Gasteiger partial charge in [-0.3, -0.25) is 4.99 Å². The number of amidine groups is 1. The van der Waals surface area contributed by atoms with Gasteiger partial charge in [-0.05, 0) is 23.0 Å². The third-order valence-corrected chi connectivity index (χ3v) is 4.08. The minimum absolute atomic E-state index is 0.526. The van der Waals surface area contributed by atoms with Crippen LogP contribution in [-0.4, -0.2) is 17.5 Å². The third kappa shape index (κ3) is 2.89. The van der Waals surface area contributed by atoms with Crippen LogP contribution in [0.3, 0.4) is 0 Å². The normalized spacial score (nSPS) is 15.3. The van der Waals surface area contributed by atoms with Gasteiger partial charge >= 0.3 is 0 Å². The Bertz CT molecular complexity index is 424. The Kier molecular flexibility index (Phi) is 4.33. The molecule has 3 heteroatoms. The number of thioether (sulfide) groups is 1. The topological polar surface area (TPSA) is 24.4 Å². The summed E-state index contributed by atoms with van der Waals surface area (Å²) in [6, 6.07) is 6.61. The second-order valence-corrected chi connectivity index (χ2v) is 6.36. The first kappa shape index (κ1) is 13.5. The first-order chi connectivity index (χ1) is 8.59. The summed E-state index contributed by atoms with van der Waals surface area (Å²) in [5.41, 5.74) is 4.04. The van der Waals surface area contributed by atoms with Gasteiger partial charge < -0.3 is 5.32 Å². The molecule has 0 aliphatic carbocycles. The standard InChI is InChI=1S/C15H22N2S/c1-10(2)12-6-5-7-13(11(3)4)14(12)17-15-16-8-9-18-15/h5-7,10-11H,8-9H2,1-4H3,(H,16,17). The smallest absolute Gasteiger partial charge is 0.161 e. The van der Waals surface area contributed by atoms with E-state index in [2.05, 4.69) is 56.2 Å². The van der Waals surface area contributed by atoms with Crippen LogP contribution in [-0.2, 0) is 0 Å². The molecule has 0 atom stereocenters. The van der Waals surface area contributed by atoms with E-state index in [0.29, 0.717) is 11.8 Å². The van der Waals surface area contributed by atoms with E-state index in [0.717, 1.165) is 17.5 Å². The van der Waals surface area contributed by atoms with Crippen LogP contribution in [0.25, 0.3) is 0 Å². The number of benzene rings is 1. The third-order valence-electron chi connectivity index (χ3n) is 3.19. The molecule has 0 radical (unpaired) electrons. The van der Waals surface area contributed by atoms with Gasteiger partial charge in [0, 0.05) is 11.4 Å². The van der Waals surface area contributed by atoms with Crippen molar-refractivity contribution in [2.45, 2.75) is 39.5 Å². The molecule has 0 saturated carbocycles. The Hall–Kier alpha value is -0.960. The minimum Gasteiger partial charge on any atom is -0.335 e. The fourth-order valence-corrected chi connectivity index (χ4v) is 2.95. The summed E-state index contributed by atoms with van der Waals surface area (Å²) < 4.78 is 0. The lowest BCUT2D eigenvalue weighted by molar-refractivity contribution is 0.839. The predicted octanol–water partition coefficient (Wildman–Crippen LogP) is 4.45. The zero-order chi connectivity index (χ0) is 13.1. The second kappa shape index (κ2) is 5.79. The quantitative estimate of drug-likeness (QED) is 0.870. The van der Waals surface area contributed by atoms with E-state index in [-0.39, 0.29) is 0 Å². The van der Waals surface area contributed by atoms with Crippen molar-refractivity contribution in [3.8, 4) is 0 Å². The first-order valence-electron chi connectivity index (χ1n) is 6.66. The molecule has 1 N–H and O–H groups in total. The second-order valence-electron chi connectivity index (χ2n) is 5.28. The Labute approximate surface area is 114 Å². The molecule has 0 unspecified atom stereocenters. The molecule has 0 amide bonds. The van der Waals surface area contributed by atoms with Gasteiger partial charge in [-0.1, -0.05) is 57.7 Å². The lowest BCUT2D eigenvalue weighted by atomic mass is 9.93. The van der Waals surface area contributed by atoms with Crippen molar-refractivity contribution >= 4 is 22.6 Å². The molecular weight excluding hydrogens is 240 g/mol. The van der Waals surface area contributed by atoms with Gasteiger partial charge in [0.1, 0.15) is 0 Å². The molecule has 1 aromatic rings. The molecular formula is C15H22N2S. The highest BCUT2D eigenvalue weighted by Gasteiger charge is 2.16. The Morgan fingerprint density at radius 3 is 2.17 bits per heavy atom. The molecule has 0 aromatic heterocycles. The van der Waals surface area contributed by atoms with Crippen LogP contribution in [0.2, 0.25) is 0 Å². The number of rotatable bonds is 3. The Balaban J connectivity index is 2.39. The van der Waals surface area contributed by atoms with Crippen molar-refractivity contribution in [1.82, 2.24) is 0 Å². The SMILES string of the molecule is CC(C)c1cccc(C(C)C)c1NC1=NCCS1. The average Bonchev–Trinajstić information content (AvgIpc) is 2.81. The molecule has 98 valence electrons. The summed E-state index contributed by atoms with van der Waals surface area (Å²) >= 11 is 1.82. The molecule has 2 nitrogen and oxygen atoms in total. The molecule has 2 rings (SSSR count). The number of hydrogen-bond acceptors (Lipinski definition) is 3. The molecule has 18 heavy (non-hydrogen) atoms. The Morgan fingerprint density at radius 2 is 1.72 bits per heavy atom. The van der Waals surface area contributed by atoms with Crippen molar-refractivity contribution in [1.29, 1.82) is 0 Å². The van der Waals surface area contributed by atoms with Crippen LogP contribution in [0.4, 0.5) is 5.69 Å². The van der Waals surface area contributed by atoms with Gasteiger partial charge in [0.25, 0.3) is 0 Å². The van der Waals surface area contributed by atoms with Gasteiger partial charge in [-0.2, -0.15) is 0 Å². The number of aliphatic imine (C=N–C) groups is 1. The molecule has 1 aliphatic heterocycles. The van der Waals surface area contributed by atoms with Gasteiger partial charge in [0.15, 0.2) is 5.17 Å². The zero-order valence-electron chi connectivity index (χ0n) is 11.7. The maximum absolute atomic E-state index is 4.50. The van der Waals surface area contributed by atoms with Crippen LogP contribution in [0, 0.1) is 0 Å². The lowest BCUT2D eigenvalue weighted by Crippen LogP contribution is -2.11. The van der Waals surface area contributed by atoms with E-state index in [4.69, 9.17) is 0 Å². The predicted molar refractivity (Wildman–Crippen MR) is 83.0 cm³/mol. The highest BCUT2D eigenvalue weighted by Crippen LogP contribution is 2.33. The molecule has 0 bridgehead atoms. The van der Waals surface area contributed by atoms with Crippen molar-refractivity contribution < 1.29 is 0 Å². The number of anilines is 1. The largest absolute Gasteiger partial charge is 0.335 e. The fraction of sp³-hybridized carbons (Fsp3) is 0.533. The van der Waals surface area contributed by atoms with Gasteiger partial charge in [0.2, 0.25) is 0 Å². The van der Waals surface area contributed by atoms with Crippen molar-refractivity contribution in [2.24, 2.45) is 4.99 Å². The first-order valence-corrected chi connectivity index (χ1v) is 7.65. The van der Waals surface area contributed by atoms with Gasteiger partial charge in [0.05, 0.1) is 6.54 Å².